The molecule has 0 aliphatic rings. The van der Waals surface area contributed by atoms with Gasteiger partial charge in [0.25, 0.3) is 0 Å². The van der Waals surface area contributed by atoms with Gasteiger partial charge in [0.2, 0.25) is 0 Å². The van der Waals surface area contributed by atoms with Crippen LogP contribution in [-0.4, -0.2) is 39.9 Å². The van der Waals surface area contributed by atoms with Crippen molar-refractivity contribution in [2.45, 2.75) is 18.9 Å². The fourth-order valence-electron chi connectivity index (χ4n) is 3.50. The van der Waals surface area contributed by atoms with E-state index in [1.165, 1.54) is 18.5 Å². The van der Waals surface area contributed by atoms with Gasteiger partial charge in [-0.15, -0.1) is 0 Å². The first-order valence-corrected chi connectivity index (χ1v) is 9.86. The van der Waals surface area contributed by atoms with E-state index < -0.39 is 5.92 Å². The highest BCUT2D eigenvalue weighted by Gasteiger charge is 2.24. The molecule has 9 nitrogen and oxygen atoms in total. The summed E-state index contributed by atoms with van der Waals surface area (Å²) < 4.78 is 1.76. The van der Waals surface area contributed by atoms with E-state index in [0.29, 0.717) is 35.3 Å². The Labute approximate surface area is 186 Å². The fraction of sp³-hybridized carbons (Fsp3) is 0.150. The highest BCUT2D eigenvalue weighted by atomic mass is 35.5. The molecule has 2 aromatic carbocycles. The van der Waals surface area contributed by atoms with E-state index in [4.69, 9.17) is 28.9 Å². The largest absolute Gasteiger partial charge is 0.508 e. The third-order valence-corrected chi connectivity index (χ3v) is 5.64. The summed E-state index contributed by atoms with van der Waals surface area (Å²) in [6.45, 7) is 0.369. The smallest absolute Gasteiger partial charge is 0.165 e. The number of nitrogens with two attached hydrogens (primary N) is 1. The lowest BCUT2D eigenvalue weighted by Crippen LogP contribution is -2.08. The van der Waals surface area contributed by atoms with Crippen molar-refractivity contribution < 1.29 is 20.4 Å². The number of fused-ring (bicyclic) bond motifs is 1. The summed E-state index contributed by atoms with van der Waals surface area (Å²) in [6, 6.07) is 5.10. The number of hydrogen-bond acceptors (Lipinski definition) is 8. The molecule has 0 unspecified atom stereocenters. The lowest BCUT2D eigenvalue weighted by Gasteiger charge is -2.21. The molecule has 4 rings (SSSR count). The van der Waals surface area contributed by atoms with Gasteiger partial charge >= 0.3 is 0 Å². The maximum Gasteiger partial charge on any atom is 0.165 e. The second-order valence-electron chi connectivity index (χ2n) is 6.94. The Bertz CT molecular complexity index is 1240. The number of aromatic hydroxyl groups is 4. The molecule has 0 amide bonds. The third kappa shape index (κ3) is 3.85. The minimum atomic E-state index is -0.604. The molecule has 0 saturated heterocycles. The number of nitrogens with zero attached hydrogens (tertiary/aromatic N) is 4. The van der Waals surface area contributed by atoms with Gasteiger partial charge in [-0.1, -0.05) is 23.2 Å². The molecule has 0 radical (unpaired) electrons. The van der Waals surface area contributed by atoms with Crippen molar-refractivity contribution in [1.82, 2.24) is 19.5 Å². The average molecular weight is 462 g/mol. The van der Waals surface area contributed by atoms with Crippen LogP contribution in [0.3, 0.4) is 0 Å². The number of phenols is 4. The predicted octanol–water partition coefficient (Wildman–Crippen LogP) is 3.76. The average Bonchev–Trinajstić information content (AvgIpc) is 3.14. The third-order valence-electron chi connectivity index (χ3n) is 5.03. The van der Waals surface area contributed by atoms with E-state index in [-0.39, 0.29) is 38.9 Å². The number of aryl methyl sites for hydroxylation is 1. The Hall–Kier alpha value is -3.43. The van der Waals surface area contributed by atoms with Crippen LogP contribution in [0.4, 0.5) is 5.82 Å². The van der Waals surface area contributed by atoms with Gasteiger partial charge in [0.1, 0.15) is 34.8 Å². The van der Waals surface area contributed by atoms with Gasteiger partial charge in [0.05, 0.1) is 16.4 Å². The van der Waals surface area contributed by atoms with Gasteiger partial charge in [0, 0.05) is 35.7 Å². The fourth-order valence-corrected chi connectivity index (χ4v) is 3.84. The van der Waals surface area contributed by atoms with Crippen LogP contribution >= 0.6 is 23.2 Å². The second kappa shape index (κ2) is 8.01. The van der Waals surface area contributed by atoms with Gasteiger partial charge in [-0.25, -0.2) is 15.0 Å². The minimum Gasteiger partial charge on any atom is -0.508 e. The summed E-state index contributed by atoms with van der Waals surface area (Å²) >= 11 is 12.1. The van der Waals surface area contributed by atoms with E-state index in [2.05, 4.69) is 15.0 Å². The van der Waals surface area contributed by atoms with Crippen molar-refractivity contribution in [2.75, 3.05) is 5.73 Å². The Morgan fingerprint density at radius 2 is 1.42 bits per heavy atom. The number of anilines is 1. The second-order valence-corrected chi connectivity index (χ2v) is 7.75. The van der Waals surface area contributed by atoms with Gasteiger partial charge in [-0.05, 0) is 18.6 Å². The van der Waals surface area contributed by atoms with Crippen LogP contribution < -0.4 is 5.73 Å². The van der Waals surface area contributed by atoms with E-state index in [1.54, 1.807) is 10.9 Å². The maximum absolute atomic E-state index is 10.5. The molecule has 0 aliphatic carbocycles. The van der Waals surface area contributed by atoms with E-state index in [1.807, 2.05) is 0 Å². The molecule has 160 valence electrons. The molecule has 31 heavy (non-hydrogen) atoms. The molecule has 2 heterocycles. The zero-order valence-corrected chi connectivity index (χ0v) is 17.4. The zero-order valence-electron chi connectivity index (χ0n) is 15.9. The van der Waals surface area contributed by atoms with Crippen LogP contribution in [0.2, 0.25) is 10.0 Å². The van der Waals surface area contributed by atoms with Crippen molar-refractivity contribution >= 4 is 40.2 Å². The summed E-state index contributed by atoms with van der Waals surface area (Å²) in [6.07, 6.45) is 3.25. The Morgan fingerprint density at radius 1 is 0.839 bits per heavy atom. The summed E-state index contributed by atoms with van der Waals surface area (Å²) in [4.78, 5) is 12.4. The summed E-state index contributed by atoms with van der Waals surface area (Å²) in [7, 11) is 0. The van der Waals surface area contributed by atoms with Crippen molar-refractivity contribution in [3.05, 3.63) is 58.1 Å². The quantitative estimate of drug-likeness (QED) is 0.301. The number of hydrogen-bond donors (Lipinski definition) is 5. The molecule has 2 aromatic heterocycles. The molecule has 0 saturated carbocycles. The van der Waals surface area contributed by atoms with Crippen LogP contribution in [0.5, 0.6) is 23.0 Å². The Kier molecular flexibility index (Phi) is 5.38. The first kappa shape index (κ1) is 20.8. The lowest BCUT2D eigenvalue weighted by molar-refractivity contribution is 0.432. The van der Waals surface area contributed by atoms with Crippen LogP contribution in [0.25, 0.3) is 11.2 Å². The van der Waals surface area contributed by atoms with Gasteiger partial charge < -0.3 is 30.7 Å². The normalized spacial score (nSPS) is 11.5. The van der Waals surface area contributed by atoms with Crippen molar-refractivity contribution in [2.24, 2.45) is 0 Å². The molecule has 0 fully saturated rings. The van der Waals surface area contributed by atoms with Gasteiger partial charge in [0.15, 0.2) is 11.5 Å². The number of halogens is 2. The first-order valence-electron chi connectivity index (χ1n) is 9.10. The molecule has 0 bridgehead atoms. The number of aromatic nitrogens is 4. The monoisotopic (exact) mass is 461 g/mol. The minimum absolute atomic E-state index is 0.0377. The standard InChI is InChI=1S/C20H17Cl2N5O4/c21-12-3-10(14(28)5-16(12)30)9(11-4-13(22)17(31)6-15(11)29)1-2-27-8-26-18-19(23)24-7-25-20(18)27/h3-9,28-31H,1-2H2,(H2,23,24,25). The highest BCUT2D eigenvalue weighted by molar-refractivity contribution is 6.32. The number of imidazole rings is 1. The molecule has 0 spiro atoms. The predicted molar refractivity (Wildman–Crippen MR) is 116 cm³/mol. The van der Waals surface area contributed by atoms with Gasteiger partial charge in [-0.2, -0.15) is 0 Å². The molecule has 0 atom stereocenters. The van der Waals surface area contributed by atoms with Crippen LogP contribution in [0, 0.1) is 0 Å². The van der Waals surface area contributed by atoms with Crippen molar-refractivity contribution in [1.29, 1.82) is 0 Å². The molecule has 4 aromatic rings. The summed E-state index contributed by atoms with van der Waals surface area (Å²) in [5, 5.41) is 40.7. The molecule has 6 N–H and O–H groups in total. The van der Waals surface area contributed by atoms with Crippen LogP contribution in [0.1, 0.15) is 23.5 Å². The number of benzene rings is 2. The molecular formula is C20H17Cl2N5O4. The maximum atomic E-state index is 10.5. The lowest BCUT2D eigenvalue weighted by atomic mass is 9.87. The highest BCUT2D eigenvalue weighted by Crippen LogP contribution is 2.44. The molecule has 11 heteroatoms. The summed E-state index contributed by atoms with van der Waals surface area (Å²) in [5.41, 5.74) is 7.56. The van der Waals surface area contributed by atoms with Gasteiger partial charge in [-0.3, -0.25) is 0 Å². The van der Waals surface area contributed by atoms with Crippen molar-refractivity contribution in [3.63, 3.8) is 0 Å². The van der Waals surface area contributed by atoms with Crippen LogP contribution in [-0.2, 0) is 6.54 Å². The van der Waals surface area contributed by atoms with E-state index in [9.17, 15) is 20.4 Å². The Balaban J connectivity index is 1.78. The van der Waals surface area contributed by atoms with Crippen molar-refractivity contribution in [3.8, 4) is 23.0 Å². The first-order chi connectivity index (χ1) is 14.8. The SMILES string of the molecule is Nc1ncnc2c1ncn2CCC(c1cc(Cl)c(O)cc1O)c1cc(Cl)c(O)cc1O. The molecular weight excluding hydrogens is 445 g/mol. The number of nitrogen functional groups attached to an aromatic ring is 1. The van der Waals surface area contributed by atoms with E-state index >= 15 is 0 Å². The Morgan fingerprint density at radius 3 is 2.00 bits per heavy atom. The molecule has 0 aliphatic heterocycles. The zero-order chi connectivity index (χ0) is 22.3. The number of rotatable bonds is 5. The van der Waals surface area contributed by atoms with Crippen LogP contribution in [0.15, 0.2) is 36.9 Å². The topological polar surface area (TPSA) is 151 Å². The summed E-state index contributed by atoms with van der Waals surface area (Å²) in [5.74, 6) is -1.32. The number of phenolic OH excluding ortho intramolecular Hbond substituents is 4. The van der Waals surface area contributed by atoms with E-state index in [0.717, 1.165) is 12.1 Å².